The van der Waals surface area contributed by atoms with Gasteiger partial charge in [-0.3, -0.25) is 0 Å². The molecule has 0 heterocycles. The maximum absolute atomic E-state index is 13.6. The second-order valence-electron chi connectivity index (χ2n) is 6.11. The molecule has 0 radical (unpaired) electrons. The maximum atomic E-state index is 13.6. The molecule has 0 atom stereocenters. The lowest BCUT2D eigenvalue weighted by Gasteiger charge is -2.12. The van der Waals surface area contributed by atoms with Crippen molar-refractivity contribution in [3.05, 3.63) is 90.2 Å². The predicted molar refractivity (Wildman–Crippen MR) is 104 cm³/mol. The van der Waals surface area contributed by atoms with Gasteiger partial charge in [-0.15, -0.1) is 0 Å². The first-order valence-corrected chi connectivity index (χ1v) is 8.69. The number of carbonyl (C=O) groups is 1. The fraction of sp³-hybridized carbons (Fsp3) is 0.0870. The van der Waals surface area contributed by atoms with Gasteiger partial charge in [-0.25, -0.2) is 9.18 Å². The average molecular weight is 360 g/mol. The summed E-state index contributed by atoms with van der Waals surface area (Å²) in [5.74, 6) is -0.715. The van der Waals surface area contributed by atoms with Crippen LogP contribution in [0, 0.1) is 5.82 Å². The van der Waals surface area contributed by atoms with E-state index >= 15 is 0 Å². The van der Waals surface area contributed by atoms with Gasteiger partial charge < -0.3 is 9.47 Å². The first-order valence-electron chi connectivity index (χ1n) is 8.69. The molecule has 0 spiro atoms. The average Bonchev–Trinajstić information content (AvgIpc) is 2.70. The summed E-state index contributed by atoms with van der Waals surface area (Å²) in [6.07, 6.45) is 0. The van der Waals surface area contributed by atoms with Gasteiger partial charge in [0.25, 0.3) is 0 Å². The molecule has 0 unspecified atom stereocenters. The number of para-hydroxylation sites is 1. The van der Waals surface area contributed by atoms with E-state index in [1.165, 1.54) is 12.1 Å². The van der Waals surface area contributed by atoms with Crippen molar-refractivity contribution >= 4 is 27.5 Å². The Morgan fingerprint density at radius 2 is 1.37 bits per heavy atom. The van der Waals surface area contributed by atoms with Crippen molar-refractivity contribution in [1.82, 2.24) is 0 Å². The smallest absolute Gasteiger partial charge is 0.339 e. The van der Waals surface area contributed by atoms with Gasteiger partial charge in [0.05, 0.1) is 5.56 Å². The Bertz CT molecular complexity index is 1070. The van der Waals surface area contributed by atoms with E-state index in [1.807, 2.05) is 48.5 Å². The Kier molecular flexibility index (Phi) is 4.71. The fourth-order valence-electron chi connectivity index (χ4n) is 3.15. The minimum Gasteiger partial charge on any atom is -0.487 e. The minimum atomic E-state index is -0.441. The van der Waals surface area contributed by atoms with Gasteiger partial charge in [-0.1, -0.05) is 60.7 Å². The monoisotopic (exact) mass is 360 g/mol. The zero-order valence-electron chi connectivity index (χ0n) is 14.5. The van der Waals surface area contributed by atoms with Crippen molar-refractivity contribution < 1.29 is 18.7 Å². The first-order chi connectivity index (χ1) is 13.2. The van der Waals surface area contributed by atoms with Gasteiger partial charge in [-0.2, -0.15) is 0 Å². The van der Waals surface area contributed by atoms with Crippen LogP contribution in [0.2, 0.25) is 0 Å². The van der Waals surface area contributed by atoms with E-state index in [2.05, 4.69) is 6.07 Å². The number of hydrogen-bond donors (Lipinski definition) is 0. The van der Waals surface area contributed by atoms with Crippen molar-refractivity contribution in [2.45, 2.75) is 0 Å². The number of halogens is 1. The van der Waals surface area contributed by atoms with Crippen LogP contribution < -0.4 is 4.74 Å². The molecule has 134 valence electrons. The quantitative estimate of drug-likeness (QED) is 0.273. The van der Waals surface area contributed by atoms with Gasteiger partial charge in [0.1, 0.15) is 13.2 Å². The molecule has 0 aliphatic rings. The van der Waals surface area contributed by atoms with Crippen LogP contribution in [0.5, 0.6) is 5.75 Å². The van der Waals surface area contributed by atoms with Gasteiger partial charge in [0.15, 0.2) is 11.6 Å². The summed E-state index contributed by atoms with van der Waals surface area (Å²) < 4.78 is 24.3. The molecule has 0 amide bonds. The second kappa shape index (κ2) is 7.46. The molecule has 0 aromatic heterocycles. The van der Waals surface area contributed by atoms with E-state index < -0.39 is 11.8 Å². The van der Waals surface area contributed by atoms with Crippen molar-refractivity contribution in [2.75, 3.05) is 13.2 Å². The second-order valence-corrected chi connectivity index (χ2v) is 6.11. The molecule has 0 fully saturated rings. The molecule has 27 heavy (non-hydrogen) atoms. The van der Waals surface area contributed by atoms with Crippen LogP contribution in [0.3, 0.4) is 0 Å². The zero-order valence-corrected chi connectivity index (χ0v) is 14.5. The topological polar surface area (TPSA) is 35.5 Å². The number of esters is 1. The van der Waals surface area contributed by atoms with Crippen LogP contribution in [-0.4, -0.2) is 19.2 Å². The highest BCUT2D eigenvalue weighted by Gasteiger charge is 2.16. The van der Waals surface area contributed by atoms with E-state index in [9.17, 15) is 9.18 Å². The normalized spacial score (nSPS) is 10.9. The lowest BCUT2D eigenvalue weighted by atomic mass is 9.97. The molecule has 4 rings (SSSR count). The summed E-state index contributed by atoms with van der Waals surface area (Å²) in [4.78, 5) is 12.8. The van der Waals surface area contributed by atoms with Crippen molar-refractivity contribution in [3.63, 3.8) is 0 Å². The largest absolute Gasteiger partial charge is 0.487 e. The molecule has 4 aromatic rings. The van der Waals surface area contributed by atoms with Crippen LogP contribution in [0.1, 0.15) is 10.4 Å². The van der Waals surface area contributed by atoms with Gasteiger partial charge in [-0.05, 0) is 39.7 Å². The van der Waals surface area contributed by atoms with E-state index in [-0.39, 0.29) is 19.0 Å². The molecule has 0 aliphatic heterocycles. The van der Waals surface area contributed by atoms with E-state index in [4.69, 9.17) is 9.47 Å². The molecule has 0 aliphatic carbocycles. The maximum Gasteiger partial charge on any atom is 0.339 e. The molecule has 0 N–H and O–H groups in total. The highest BCUT2D eigenvalue weighted by molar-refractivity contribution is 6.16. The lowest BCUT2D eigenvalue weighted by Crippen LogP contribution is -2.13. The van der Waals surface area contributed by atoms with Crippen molar-refractivity contribution in [3.8, 4) is 5.75 Å². The summed E-state index contributed by atoms with van der Waals surface area (Å²) in [5, 5.41) is 3.64. The van der Waals surface area contributed by atoms with E-state index in [1.54, 1.807) is 12.1 Å². The number of carbonyl (C=O) groups excluding carboxylic acids is 1. The Labute approximate surface area is 156 Å². The number of hydrogen-bond acceptors (Lipinski definition) is 3. The highest BCUT2D eigenvalue weighted by Crippen LogP contribution is 2.29. The van der Waals surface area contributed by atoms with E-state index in [0.29, 0.717) is 5.56 Å². The summed E-state index contributed by atoms with van der Waals surface area (Å²) in [5.41, 5.74) is 0.537. The van der Waals surface area contributed by atoms with E-state index in [0.717, 1.165) is 21.5 Å². The Morgan fingerprint density at radius 3 is 2.04 bits per heavy atom. The Hall–Kier alpha value is -3.40. The third-order valence-electron chi connectivity index (χ3n) is 4.39. The molecule has 4 heteroatoms. The van der Waals surface area contributed by atoms with Crippen LogP contribution >= 0.6 is 0 Å². The summed E-state index contributed by atoms with van der Waals surface area (Å²) in [7, 11) is 0. The Balaban J connectivity index is 1.56. The highest BCUT2D eigenvalue weighted by atomic mass is 19.1. The fourth-order valence-corrected chi connectivity index (χ4v) is 3.15. The van der Waals surface area contributed by atoms with Crippen LogP contribution in [-0.2, 0) is 4.74 Å². The van der Waals surface area contributed by atoms with Crippen LogP contribution in [0.4, 0.5) is 4.39 Å². The van der Waals surface area contributed by atoms with Gasteiger partial charge in [0.2, 0.25) is 0 Å². The van der Waals surface area contributed by atoms with Crippen molar-refractivity contribution in [2.24, 2.45) is 0 Å². The van der Waals surface area contributed by atoms with Crippen LogP contribution in [0.25, 0.3) is 21.5 Å². The third kappa shape index (κ3) is 3.47. The Morgan fingerprint density at radius 1 is 0.778 bits per heavy atom. The standard InChI is InChI=1S/C23H17FO3/c24-20-11-5-6-12-21(20)26-13-14-27-23(25)22-18-9-3-1-7-16(18)15-17-8-2-4-10-19(17)22/h1-12,15H,13-14H2. The number of ether oxygens (including phenoxy) is 2. The number of rotatable bonds is 5. The lowest BCUT2D eigenvalue weighted by molar-refractivity contribution is 0.0453. The minimum absolute atomic E-state index is 0.0325. The zero-order chi connectivity index (χ0) is 18.6. The SMILES string of the molecule is O=C(OCCOc1ccccc1F)c1c2ccccc2cc2ccccc12. The van der Waals surface area contributed by atoms with Gasteiger partial charge in [0, 0.05) is 0 Å². The number of benzene rings is 4. The van der Waals surface area contributed by atoms with Gasteiger partial charge >= 0.3 is 5.97 Å². The molecule has 0 bridgehead atoms. The summed E-state index contributed by atoms with van der Waals surface area (Å²) in [6.45, 7) is 0.111. The van der Waals surface area contributed by atoms with Crippen molar-refractivity contribution in [1.29, 1.82) is 0 Å². The molecule has 4 aromatic carbocycles. The predicted octanol–water partition coefficient (Wildman–Crippen LogP) is 5.37. The third-order valence-corrected chi connectivity index (χ3v) is 4.39. The molecular weight excluding hydrogens is 343 g/mol. The molecule has 3 nitrogen and oxygen atoms in total. The summed E-state index contributed by atoms with van der Waals surface area (Å²) in [6, 6.07) is 23.6. The number of fused-ring (bicyclic) bond motifs is 2. The molecular formula is C23H17FO3. The van der Waals surface area contributed by atoms with Crippen LogP contribution in [0.15, 0.2) is 78.9 Å². The molecule has 0 saturated carbocycles. The first kappa shape index (κ1) is 17.0. The summed E-state index contributed by atoms with van der Waals surface area (Å²) >= 11 is 0. The molecule has 0 saturated heterocycles.